The van der Waals surface area contributed by atoms with Crippen LogP contribution in [0.25, 0.3) is 0 Å². The molecule has 0 radical (unpaired) electrons. The van der Waals surface area contributed by atoms with Crippen molar-refractivity contribution in [2.75, 3.05) is 5.75 Å². The van der Waals surface area contributed by atoms with Gasteiger partial charge < -0.3 is 24.6 Å². The minimum atomic E-state index is -1.76. The van der Waals surface area contributed by atoms with E-state index in [4.69, 9.17) is 14.2 Å². The fourth-order valence-electron chi connectivity index (χ4n) is 5.28. The summed E-state index contributed by atoms with van der Waals surface area (Å²) in [7, 11) is 0. The number of ether oxygens (including phenoxy) is 3. The lowest BCUT2D eigenvalue weighted by Crippen LogP contribution is -2.64. The summed E-state index contributed by atoms with van der Waals surface area (Å²) in [5.74, 6) is -4.46. The number of amides is 1. The number of esters is 2. The molecule has 6 atom stereocenters. The topological polar surface area (TPSA) is 111 Å². The molecule has 0 spiro atoms. The van der Waals surface area contributed by atoms with E-state index in [0.29, 0.717) is 5.56 Å². The zero-order chi connectivity index (χ0) is 29.7. The Morgan fingerprint density at radius 3 is 2.05 bits per heavy atom. The smallest absolute Gasteiger partial charge is 0.408 e. The van der Waals surface area contributed by atoms with Gasteiger partial charge in [-0.05, 0) is 93.0 Å². The van der Waals surface area contributed by atoms with Gasteiger partial charge in [0, 0.05) is 28.4 Å². The van der Waals surface area contributed by atoms with E-state index in [1.54, 1.807) is 81.4 Å². The van der Waals surface area contributed by atoms with Crippen LogP contribution in [0.4, 0.5) is 9.18 Å². The summed E-state index contributed by atoms with van der Waals surface area (Å²) in [6, 6.07) is 4.66. The zero-order valence-corrected chi connectivity index (χ0v) is 25.3. The number of thioether (sulfide) groups is 1. The summed E-state index contributed by atoms with van der Waals surface area (Å²) in [5, 5.41) is 14.3. The predicted octanol–water partition coefficient (Wildman–Crippen LogP) is 5.03. The normalized spacial score (nSPS) is 28.4. The minimum Gasteiger partial charge on any atom is -0.460 e. The number of aliphatic hydroxyl groups is 1. The van der Waals surface area contributed by atoms with Crippen LogP contribution in [0.15, 0.2) is 23.1 Å². The van der Waals surface area contributed by atoms with Crippen LogP contribution >= 0.6 is 11.8 Å². The maximum Gasteiger partial charge on any atom is 0.408 e. The molecule has 0 bridgehead atoms. The molecule has 2 fully saturated rings. The Balaban J connectivity index is 2.05. The molecule has 2 unspecified atom stereocenters. The van der Waals surface area contributed by atoms with Gasteiger partial charge in [-0.2, -0.15) is 0 Å². The Bertz CT molecular complexity index is 1120. The zero-order valence-electron chi connectivity index (χ0n) is 24.5. The van der Waals surface area contributed by atoms with Crippen molar-refractivity contribution in [1.82, 2.24) is 5.32 Å². The fourth-order valence-corrected chi connectivity index (χ4v) is 6.53. The van der Waals surface area contributed by atoms with Gasteiger partial charge in [-0.3, -0.25) is 4.79 Å². The number of aryl methyl sites for hydroxylation is 1. The summed E-state index contributed by atoms with van der Waals surface area (Å²) in [5.41, 5.74) is -3.85. The van der Waals surface area contributed by atoms with Gasteiger partial charge in [0.05, 0.1) is 12.0 Å². The van der Waals surface area contributed by atoms with Gasteiger partial charge in [-0.1, -0.05) is 0 Å². The maximum atomic E-state index is 14.0. The molecule has 2 N–H and O–H groups in total. The van der Waals surface area contributed by atoms with Crippen molar-refractivity contribution in [3.63, 3.8) is 0 Å². The number of nitrogens with one attached hydrogen (secondary N) is 1. The van der Waals surface area contributed by atoms with Crippen LogP contribution in [0.5, 0.6) is 0 Å². The van der Waals surface area contributed by atoms with Gasteiger partial charge in [0.15, 0.2) is 5.54 Å². The van der Waals surface area contributed by atoms with E-state index in [1.807, 2.05) is 0 Å². The van der Waals surface area contributed by atoms with Gasteiger partial charge in [-0.15, -0.1) is 11.8 Å². The molecule has 8 nitrogen and oxygen atoms in total. The predicted molar refractivity (Wildman–Crippen MR) is 146 cm³/mol. The van der Waals surface area contributed by atoms with Crippen molar-refractivity contribution in [3.8, 4) is 0 Å². The van der Waals surface area contributed by atoms with E-state index in [0.717, 1.165) is 4.90 Å². The van der Waals surface area contributed by atoms with Crippen molar-refractivity contribution in [1.29, 1.82) is 0 Å². The van der Waals surface area contributed by atoms with Gasteiger partial charge >= 0.3 is 18.0 Å². The Morgan fingerprint density at radius 2 is 1.54 bits per heavy atom. The van der Waals surface area contributed by atoms with Gasteiger partial charge in [0.1, 0.15) is 22.6 Å². The quantitative estimate of drug-likeness (QED) is 0.280. The Labute approximate surface area is 234 Å². The van der Waals surface area contributed by atoms with Crippen molar-refractivity contribution >= 4 is 29.8 Å². The molecule has 0 aliphatic heterocycles. The lowest BCUT2D eigenvalue weighted by atomic mass is 9.80. The van der Waals surface area contributed by atoms with E-state index in [2.05, 4.69) is 5.32 Å². The summed E-state index contributed by atoms with van der Waals surface area (Å²) < 4.78 is 30.8. The Morgan fingerprint density at radius 1 is 0.974 bits per heavy atom. The molecule has 0 aromatic heterocycles. The van der Waals surface area contributed by atoms with Crippen molar-refractivity contribution in [2.24, 2.45) is 23.7 Å². The molecular weight excluding hydrogens is 525 g/mol. The van der Waals surface area contributed by atoms with E-state index in [1.165, 1.54) is 17.8 Å². The highest BCUT2D eigenvalue weighted by atomic mass is 32.2. The molecule has 218 valence electrons. The molecule has 1 aromatic rings. The number of carbonyl (C=O) groups excluding carboxylic acids is 3. The number of halogens is 1. The lowest BCUT2D eigenvalue weighted by Gasteiger charge is -2.40. The molecular formula is C29H42FNO7S. The Kier molecular flexibility index (Phi) is 8.46. The number of hydrogen-bond donors (Lipinski definition) is 2. The second-order valence-corrected chi connectivity index (χ2v) is 14.6. The number of hydrogen-bond acceptors (Lipinski definition) is 8. The second kappa shape index (κ2) is 10.6. The molecule has 2 saturated carbocycles. The summed E-state index contributed by atoms with van der Waals surface area (Å²) >= 11 is 1.32. The molecule has 10 heteroatoms. The second-order valence-electron chi connectivity index (χ2n) is 13.5. The van der Waals surface area contributed by atoms with E-state index < -0.39 is 70.1 Å². The van der Waals surface area contributed by atoms with Crippen LogP contribution in [0.2, 0.25) is 0 Å². The number of alkyl carbamates (subject to hydrolysis) is 1. The highest BCUT2D eigenvalue weighted by molar-refractivity contribution is 7.99. The largest absolute Gasteiger partial charge is 0.460 e. The lowest BCUT2D eigenvalue weighted by molar-refractivity contribution is -0.169. The molecule has 1 amide bonds. The van der Waals surface area contributed by atoms with Crippen LogP contribution in [0.1, 0.15) is 67.9 Å². The monoisotopic (exact) mass is 567 g/mol. The first-order valence-electron chi connectivity index (χ1n) is 13.2. The summed E-state index contributed by atoms with van der Waals surface area (Å²) in [6.07, 6.45) is -1.98. The van der Waals surface area contributed by atoms with E-state index >= 15 is 0 Å². The highest BCUT2D eigenvalue weighted by Crippen LogP contribution is 2.66. The van der Waals surface area contributed by atoms with Crippen LogP contribution in [0, 0.1) is 36.4 Å². The average molecular weight is 568 g/mol. The van der Waals surface area contributed by atoms with Crippen LogP contribution < -0.4 is 5.32 Å². The van der Waals surface area contributed by atoms with Gasteiger partial charge in [0.25, 0.3) is 0 Å². The molecule has 1 aromatic carbocycles. The van der Waals surface area contributed by atoms with Crippen molar-refractivity contribution in [3.05, 3.63) is 29.6 Å². The molecule has 0 heterocycles. The summed E-state index contributed by atoms with van der Waals surface area (Å²) in [4.78, 5) is 41.1. The molecule has 3 rings (SSSR count). The molecule has 2 aliphatic rings. The molecule has 0 saturated heterocycles. The van der Waals surface area contributed by atoms with Crippen LogP contribution in [-0.2, 0) is 23.8 Å². The number of carbonyl (C=O) groups is 3. The van der Waals surface area contributed by atoms with Crippen molar-refractivity contribution < 1.29 is 38.1 Å². The SMILES string of the molecule is Cc1cc(SCC2[C@@H](O)C3[C@H](C(=O)OC(C)(C)C)[C@H]3[C@]2(NC(=O)OC(C)(C)C)C(=O)OC(C)(C)C)ccc1F. The van der Waals surface area contributed by atoms with Gasteiger partial charge in [0.2, 0.25) is 0 Å². The number of benzene rings is 1. The standard InChI is InChI=1S/C29H42FNO7S/c1-15-13-16(11-12-18(15)30)39-14-17-22(32)19-20(23(33)36-26(2,3)4)21(19)29(17,24(34)37-27(5,6)7)31-25(35)38-28(8,9)10/h11-13,17,19-22,32H,14H2,1-10H3,(H,31,35)/t17?,19?,20-,21-,22+,29-/m0/s1. The highest BCUT2D eigenvalue weighted by Gasteiger charge is 2.80. The van der Waals surface area contributed by atoms with Gasteiger partial charge in [-0.25, -0.2) is 14.0 Å². The third-order valence-corrected chi connectivity index (χ3v) is 7.79. The first-order chi connectivity index (χ1) is 17.7. The third-order valence-electron chi connectivity index (χ3n) is 6.67. The van der Waals surface area contributed by atoms with Crippen LogP contribution in [-0.4, -0.2) is 57.3 Å². The maximum absolute atomic E-state index is 14.0. The third kappa shape index (κ3) is 7.06. The minimum absolute atomic E-state index is 0.190. The average Bonchev–Trinajstić information content (AvgIpc) is 3.42. The molecule has 2 aliphatic carbocycles. The van der Waals surface area contributed by atoms with Crippen molar-refractivity contribution in [2.45, 2.75) is 103 Å². The van der Waals surface area contributed by atoms with E-state index in [9.17, 15) is 23.9 Å². The first-order valence-corrected chi connectivity index (χ1v) is 14.2. The van der Waals surface area contributed by atoms with Crippen LogP contribution in [0.3, 0.4) is 0 Å². The number of aliphatic hydroxyl groups excluding tert-OH is 1. The first kappa shape index (κ1) is 31.2. The number of fused-ring (bicyclic) bond motifs is 1. The molecule has 39 heavy (non-hydrogen) atoms. The summed E-state index contributed by atoms with van der Waals surface area (Å²) in [6.45, 7) is 17.1. The Hall–Kier alpha value is -2.33. The fraction of sp³-hybridized carbons (Fsp3) is 0.690. The number of rotatable bonds is 6. The van der Waals surface area contributed by atoms with E-state index in [-0.39, 0.29) is 11.6 Å².